The molecule has 1 aromatic heterocycles. The van der Waals surface area contributed by atoms with Gasteiger partial charge in [-0.2, -0.15) is 0 Å². The molecule has 0 saturated carbocycles. The lowest BCUT2D eigenvalue weighted by Gasteiger charge is -2.16. The lowest BCUT2D eigenvalue weighted by Crippen LogP contribution is -2.25. The highest BCUT2D eigenvalue weighted by Gasteiger charge is 2.19. The van der Waals surface area contributed by atoms with Gasteiger partial charge in [-0.15, -0.1) is 5.10 Å². The van der Waals surface area contributed by atoms with Gasteiger partial charge >= 0.3 is 0 Å². The van der Waals surface area contributed by atoms with Crippen LogP contribution < -0.4 is 10.8 Å². The molecule has 8 nitrogen and oxygen atoms in total. The summed E-state index contributed by atoms with van der Waals surface area (Å²) in [5, 5.41) is 19.7. The Labute approximate surface area is 180 Å². The lowest BCUT2D eigenvalue weighted by atomic mass is 10.0. The first-order chi connectivity index (χ1) is 14.4. The van der Waals surface area contributed by atoms with Crippen molar-refractivity contribution in [3.63, 3.8) is 0 Å². The molecule has 156 valence electrons. The van der Waals surface area contributed by atoms with Crippen LogP contribution in [0.15, 0.2) is 59.2 Å². The summed E-state index contributed by atoms with van der Waals surface area (Å²) in [5.41, 5.74) is 3.44. The quantitative estimate of drug-likeness (QED) is 0.342. The predicted molar refractivity (Wildman–Crippen MR) is 109 cm³/mol. The summed E-state index contributed by atoms with van der Waals surface area (Å²) < 4.78 is 15.4. The van der Waals surface area contributed by atoms with Crippen molar-refractivity contribution in [2.75, 3.05) is 0 Å². The maximum absolute atomic E-state index is 13.0. The first kappa shape index (κ1) is 21.6. The molecule has 3 aromatic rings. The first-order valence-corrected chi connectivity index (χ1v) is 9.85. The molecule has 1 atom stereocenters. The number of halogens is 2. The van der Waals surface area contributed by atoms with Gasteiger partial charge in [0.2, 0.25) is 5.91 Å². The Bertz CT molecular complexity index is 1030. The molecular formula is C20H19BrFN5O3. The van der Waals surface area contributed by atoms with Gasteiger partial charge in [-0.05, 0) is 48.4 Å². The number of rotatable bonds is 8. The highest BCUT2D eigenvalue weighted by Crippen LogP contribution is 2.20. The second-order valence-corrected chi connectivity index (χ2v) is 7.52. The number of hydrogen-bond donors (Lipinski definition) is 3. The van der Waals surface area contributed by atoms with E-state index in [9.17, 15) is 14.0 Å². The third-order valence-electron chi connectivity index (χ3n) is 4.37. The van der Waals surface area contributed by atoms with Crippen LogP contribution in [0.25, 0.3) is 0 Å². The topological polar surface area (TPSA) is 109 Å². The number of nitrogens with zero attached hydrogens (tertiary/aromatic N) is 3. The van der Waals surface area contributed by atoms with Crippen LogP contribution in [0.3, 0.4) is 0 Å². The average molecular weight is 476 g/mol. The summed E-state index contributed by atoms with van der Waals surface area (Å²) in [7, 11) is 0. The Kier molecular flexibility index (Phi) is 7.26. The number of hydroxylamine groups is 1. The van der Waals surface area contributed by atoms with E-state index < -0.39 is 11.7 Å². The Morgan fingerprint density at radius 3 is 2.67 bits per heavy atom. The van der Waals surface area contributed by atoms with Crippen molar-refractivity contribution in [1.82, 2.24) is 25.8 Å². The van der Waals surface area contributed by atoms with Gasteiger partial charge in [0.25, 0.3) is 5.91 Å². The van der Waals surface area contributed by atoms with Gasteiger partial charge in [0.1, 0.15) is 11.5 Å². The molecule has 0 radical (unpaired) electrons. The predicted octanol–water partition coefficient (Wildman–Crippen LogP) is 2.79. The van der Waals surface area contributed by atoms with Crippen LogP contribution in [-0.4, -0.2) is 32.0 Å². The van der Waals surface area contributed by atoms with Crippen LogP contribution in [0.5, 0.6) is 0 Å². The zero-order valence-corrected chi connectivity index (χ0v) is 17.3. The molecule has 0 aliphatic rings. The van der Waals surface area contributed by atoms with Crippen LogP contribution in [-0.2, 0) is 17.8 Å². The summed E-state index contributed by atoms with van der Waals surface area (Å²) in [6.07, 6.45) is 2.11. The van der Waals surface area contributed by atoms with Crippen LogP contribution in [0.1, 0.15) is 34.1 Å². The molecule has 30 heavy (non-hydrogen) atoms. The van der Waals surface area contributed by atoms with Gasteiger partial charge in [-0.1, -0.05) is 33.3 Å². The smallest absolute Gasteiger partial charge is 0.251 e. The summed E-state index contributed by atoms with van der Waals surface area (Å²) in [6.45, 7) is 0.117. The van der Waals surface area contributed by atoms with Crippen molar-refractivity contribution in [2.24, 2.45) is 0 Å². The zero-order valence-electron chi connectivity index (χ0n) is 15.8. The number of nitrogens with one attached hydrogen (secondary N) is 2. The largest absolute Gasteiger partial charge is 0.346 e. The van der Waals surface area contributed by atoms with Crippen LogP contribution in [0, 0.1) is 5.82 Å². The molecule has 2 amide bonds. The minimum atomic E-state index is -0.545. The highest BCUT2D eigenvalue weighted by atomic mass is 79.9. The molecule has 3 N–H and O–H groups in total. The standard InChI is InChI=1S/C20H19BrFN5O3/c21-15-3-1-2-13(8-15)9-18(10-19(28)25-30)27-12-17(24-26-27)11-23-20(29)14-4-6-16(22)7-5-14/h1-8,12,18,30H,9-11H2,(H,23,29)(H,25,28). The SMILES string of the molecule is O=C(CC(Cc1cccc(Br)c1)n1cc(CNC(=O)c2ccc(F)cc2)nn1)NO. The van der Waals surface area contributed by atoms with Crippen LogP contribution in [0.2, 0.25) is 0 Å². The van der Waals surface area contributed by atoms with Gasteiger partial charge in [0.15, 0.2) is 0 Å². The van der Waals surface area contributed by atoms with E-state index in [-0.39, 0.29) is 24.9 Å². The van der Waals surface area contributed by atoms with E-state index in [1.807, 2.05) is 24.3 Å². The van der Waals surface area contributed by atoms with Gasteiger partial charge in [0.05, 0.1) is 25.2 Å². The maximum Gasteiger partial charge on any atom is 0.251 e. The van der Waals surface area contributed by atoms with Crippen LogP contribution >= 0.6 is 15.9 Å². The summed E-state index contributed by atoms with van der Waals surface area (Å²) in [4.78, 5) is 23.9. The fourth-order valence-electron chi connectivity index (χ4n) is 2.90. The number of carbonyl (C=O) groups is 2. The monoisotopic (exact) mass is 475 g/mol. The molecule has 0 saturated heterocycles. The molecule has 0 aliphatic carbocycles. The van der Waals surface area contributed by atoms with Crippen molar-refractivity contribution in [3.05, 3.63) is 81.8 Å². The molecule has 10 heteroatoms. The Morgan fingerprint density at radius 2 is 1.97 bits per heavy atom. The number of benzene rings is 2. The Hall–Kier alpha value is -3.11. The molecule has 1 unspecified atom stereocenters. The fraction of sp³-hybridized carbons (Fsp3) is 0.200. The van der Waals surface area contributed by atoms with Crippen LogP contribution in [0.4, 0.5) is 4.39 Å². The zero-order chi connectivity index (χ0) is 21.5. The summed E-state index contributed by atoms with van der Waals surface area (Å²) >= 11 is 3.42. The lowest BCUT2D eigenvalue weighted by molar-refractivity contribution is -0.130. The van der Waals surface area contributed by atoms with Crippen molar-refractivity contribution in [1.29, 1.82) is 0 Å². The molecule has 2 aromatic carbocycles. The van der Waals surface area contributed by atoms with Crippen molar-refractivity contribution >= 4 is 27.7 Å². The minimum Gasteiger partial charge on any atom is -0.346 e. The van der Waals surface area contributed by atoms with E-state index in [2.05, 4.69) is 31.6 Å². The van der Waals surface area contributed by atoms with Crippen molar-refractivity contribution in [3.8, 4) is 0 Å². The van der Waals surface area contributed by atoms with Gasteiger partial charge in [0, 0.05) is 10.0 Å². The van der Waals surface area contributed by atoms with Gasteiger partial charge < -0.3 is 5.32 Å². The van der Waals surface area contributed by atoms with Gasteiger partial charge in [-0.3, -0.25) is 14.8 Å². The molecule has 0 fully saturated rings. The van der Waals surface area contributed by atoms with E-state index in [0.717, 1.165) is 10.0 Å². The van der Waals surface area contributed by atoms with Gasteiger partial charge in [-0.25, -0.2) is 14.6 Å². The third kappa shape index (κ3) is 5.94. The normalized spacial score (nSPS) is 11.7. The molecule has 1 heterocycles. The molecule has 0 aliphatic heterocycles. The number of carbonyl (C=O) groups excluding carboxylic acids is 2. The first-order valence-electron chi connectivity index (χ1n) is 9.06. The third-order valence-corrected chi connectivity index (χ3v) is 4.87. The van der Waals surface area contributed by atoms with E-state index in [1.165, 1.54) is 28.9 Å². The Balaban J connectivity index is 1.68. The van der Waals surface area contributed by atoms with E-state index in [1.54, 1.807) is 11.7 Å². The molecule has 0 bridgehead atoms. The molecular weight excluding hydrogens is 457 g/mol. The minimum absolute atomic E-state index is 0.00620. The second kappa shape index (κ2) is 10.1. The maximum atomic E-state index is 13.0. The van der Waals surface area contributed by atoms with E-state index in [4.69, 9.17) is 5.21 Å². The molecule has 0 spiro atoms. The number of hydrogen-bond acceptors (Lipinski definition) is 5. The van der Waals surface area contributed by atoms with Crippen molar-refractivity contribution in [2.45, 2.75) is 25.4 Å². The van der Waals surface area contributed by atoms with E-state index >= 15 is 0 Å². The fourth-order valence-corrected chi connectivity index (χ4v) is 3.35. The number of aromatic nitrogens is 3. The summed E-state index contributed by atoms with van der Waals surface area (Å²) in [5.74, 6) is -1.33. The summed E-state index contributed by atoms with van der Waals surface area (Å²) in [6, 6.07) is 12.5. The number of amides is 2. The second-order valence-electron chi connectivity index (χ2n) is 6.61. The van der Waals surface area contributed by atoms with E-state index in [0.29, 0.717) is 17.7 Å². The highest BCUT2D eigenvalue weighted by molar-refractivity contribution is 9.10. The van der Waals surface area contributed by atoms with Crippen molar-refractivity contribution < 1.29 is 19.2 Å². The molecule has 3 rings (SSSR count). The average Bonchev–Trinajstić information content (AvgIpc) is 3.21. The Morgan fingerprint density at radius 1 is 1.20 bits per heavy atom.